The lowest BCUT2D eigenvalue weighted by Gasteiger charge is -2.25. The summed E-state index contributed by atoms with van der Waals surface area (Å²) in [5.41, 5.74) is 0.486. The summed E-state index contributed by atoms with van der Waals surface area (Å²) in [7, 11) is 1.52. The molecule has 1 fully saturated rings. The van der Waals surface area contributed by atoms with Crippen LogP contribution in [0.25, 0.3) is 0 Å². The van der Waals surface area contributed by atoms with E-state index < -0.39 is 11.9 Å². The Morgan fingerprint density at radius 1 is 1.40 bits per heavy atom. The average Bonchev–Trinajstić information content (AvgIpc) is 3.28. The smallest absolute Gasteiger partial charge is 0.308 e. The summed E-state index contributed by atoms with van der Waals surface area (Å²) in [5, 5.41) is 9.02. The Morgan fingerprint density at radius 2 is 2.05 bits per heavy atom. The van der Waals surface area contributed by atoms with Gasteiger partial charge in [0.2, 0.25) is 0 Å². The molecule has 1 aromatic rings. The van der Waals surface area contributed by atoms with Gasteiger partial charge in [0.05, 0.1) is 18.6 Å². The highest BCUT2D eigenvalue weighted by molar-refractivity contribution is 5.97. The normalized spacial score (nSPS) is 15.5. The fourth-order valence-electron chi connectivity index (χ4n) is 2.13. The maximum Gasteiger partial charge on any atom is 0.308 e. The van der Waals surface area contributed by atoms with Crippen LogP contribution in [0.15, 0.2) is 24.3 Å². The van der Waals surface area contributed by atoms with E-state index in [1.54, 1.807) is 36.1 Å². The van der Waals surface area contributed by atoms with E-state index >= 15 is 0 Å². The summed E-state index contributed by atoms with van der Waals surface area (Å²) >= 11 is 0. The first-order valence-corrected chi connectivity index (χ1v) is 6.71. The van der Waals surface area contributed by atoms with Crippen molar-refractivity contribution in [2.24, 2.45) is 5.92 Å². The predicted molar refractivity (Wildman–Crippen MR) is 73.9 cm³/mol. The van der Waals surface area contributed by atoms with Gasteiger partial charge in [-0.3, -0.25) is 9.59 Å². The van der Waals surface area contributed by atoms with Crippen molar-refractivity contribution in [3.05, 3.63) is 29.8 Å². The number of methoxy groups -OCH3 is 1. The molecule has 1 aliphatic rings. The Kier molecular flexibility index (Phi) is 4.27. The molecule has 0 spiro atoms. The molecule has 1 aliphatic carbocycles. The molecule has 0 saturated heterocycles. The van der Waals surface area contributed by atoms with E-state index in [1.165, 1.54) is 7.11 Å². The molecule has 1 atom stereocenters. The van der Waals surface area contributed by atoms with Crippen molar-refractivity contribution < 1.29 is 19.4 Å². The summed E-state index contributed by atoms with van der Waals surface area (Å²) in [6, 6.07) is 7.19. The number of hydrogen-bond donors (Lipinski definition) is 1. The minimum Gasteiger partial charge on any atom is -0.496 e. The Hall–Kier alpha value is -2.04. The summed E-state index contributed by atoms with van der Waals surface area (Å²) < 4.78 is 5.21. The lowest BCUT2D eigenvalue weighted by Crippen LogP contribution is -2.38. The van der Waals surface area contributed by atoms with Crippen LogP contribution in [0.2, 0.25) is 0 Å². The zero-order valence-corrected chi connectivity index (χ0v) is 11.7. The quantitative estimate of drug-likeness (QED) is 0.864. The van der Waals surface area contributed by atoms with E-state index in [0.717, 1.165) is 12.8 Å². The molecule has 0 bridgehead atoms. The van der Waals surface area contributed by atoms with Gasteiger partial charge < -0.3 is 14.7 Å². The molecule has 1 amide bonds. The lowest BCUT2D eigenvalue weighted by molar-refractivity contribution is -0.141. The van der Waals surface area contributed by atoms with E-state index in [0.29, 0.717) is 11.3 Å². The maximum atomic E-state index is 12.6. The van der Waals surface area contributed by atoms with Crippen LogP contribution >= 0.6 is 0 Å². The number of hydrogen-bond acceptors (Lipinski definition) is 3. The summed E-state index contributed by atoms with van der Waals surface area (Å²) in [6.07, 6.45) is 1.88. The van der Waals surface area contributed by atoms with Crippen molar-refractivity contribution >= 4 is 11.9 Å². The van der Waals surface area contributed by atoms with Crippen LogP contribution in [0.4, 0.5) is 0 Å². The van der Waals surface area contributed by atoms with E-state index in [4.69, 9.17) is 9.84 Å². The number of rotatable bonds is 6. The highest BCUT2D eigenvalue weighted by Gasteiger charge is 2.35. The van der Waals surface area contributed by atoms with Crippen LogP contribution in [-0.4, -0.2) is 41.6 Å². The number of carboxylic acid groups (broad SMARTS) is 1. The molecule has 1 aromatic carbocycles. The highest BCUT2D eigenvalue weighted by Crippen LogP contribution is 2.31. The van der Waals surface area contributed by atoms with Gasteiger partial charge in [0.1, 0.15) is 5.75 Å². The van der Waals surface area contributed by atoms with Gasteiger partial charge in [0.25, 0.3) is 5.91 Å². The van der Waals surface area contributed by atoms with Crippen LogP contribution in [0, 0.1) is 5.92 Å². The topological polar surface area (TPSA) is 66.8 Å². The first kappa shape index (κ1) is 14.4. The molecule has 0 heterocycles. The van der Waals surface area contributed by atoms with Crippen molar-refractivity contribution in [1.82, 2.24) is 4.90 Å². The molecule has 0 radical (unpaired) electrons. The van der Waals surface area contributed by atoms with Gasteiger partial charge in [-0.25, -0.2) is 0 Å². The SMILES string of the molecule is COc1ccccc1C(=O)N(C[C@H](C)C(=O)O)C1CC1. The fourth-order valence-corrected chi connectivity index (χ4v) is 2.13. The van der Waals surface area contributed by atoms with Crippen molar-refractivity contribution in [2.75, 3.05) is 13.7 Å². The number of carbonyl (C=O) groups excluding carboxylic acids is 1. The second-order valence-electron chi connectivity index (χ2n) is 5.13. The summed E-state index contributed by atoms with van der Waals surface area (Å²) in [5.74, 6) is -1.10. The van der Waals surface area contributed by atoms with Gasteiger partial charge >= 0.3 is 5.97 Å². The monoisotopic (exact) mass is 277 g/mol. The van der Waals surface area contributed by atoms with Gasteiger partial charge in [-0.15, -0.1) is 0 Å². The predicted octanol–water partition coefficient (Wildman–Crippen LogP) is 2.02. The first-order chi connectivity index (χ1) is 9.54. The highest BCUT2D eigenvalue weighted by atomic mass is 16.5. The number of para-hydroxylation sites is 1. The number of ether oxygens (including phenoxy) is 1. The molecule has 0 unspecified atom stereocenters. The molecule has 2 rings (SSSR count). The van der Waals surface area contributed by atoms with Crippen molar-refractivity contribution in [1.29, 1.82) is 0 Å². The van der Waals surface area contributed by atoms with Gasteiger partial charge in [-0.05, 0) is 25.0 Å². The molecule has 1 N–H and O–H groups in total. The van der Waals surface area contributed by atoms with Gasteiger partial charge in [0, 0.05) is 12.6 Å². The van der Waals surface area contributed by atoms with Crippen LogP contribution in [0.1, 0.15) is 30.1 Å². The standard InChI is InChI=1S/C15H19NO4/c1-10(15(18)19)9-16(11-7-8-11)14(17)12-5-3-4-6-13(12)20-2/h3-6,10-11H,7-9H2,1-2H3,(H,18,19)/t10-/m0/s1. The molecular formula is C15H19NO4. The van der Waals surface area contributed by atoms with Crippen molar-refractivity contribution in [2.45, 2.75) is 25.8 Å². The zero-order valence-electron chi connectivity index (χ0n) is 11.7. The minimum absolute atomic E-state index is 0.155. The Bertz CT molecular complexity index is 510. The zero-order chi connectivity index (χ0) is 14.7. The molecule has 5 heteroatoms. The molecular weight excluding hydrogens is 258 g/mol. The Morgan fingerprint density at radius 3 is 2.60 bits per heavy atom. The summed E-state index contributed by atoms with van der Waals surface area (Å²) in [6.45, 7) is 1.85. The Labute approximate surface area is 118 Å². The largest absolute Gasteiger partial charge is 0.496 e. The number of aliphatic carboxylic acids is 1. The van der Waals surface area contributed by atoms with Crippen LogP contribution in [-0.2, 0) is 4.79 Å². The van der Waals surface area contributed by atoms with E-state index in [9.17, 15) is 9.59 Å². The molecule has 1 saturated carbocycles. The number of carbonyl (C=O) groups is 2. The number of nitrogens with zero attached hydrogens (tertiary/aromatic N) is 1. The fraction of sp³-hybridized carbons (Fsp3) is 0.467. The number of amides is 1. The third-order valence-electron chi connectivity index (χ3n) is 3.48. The molecule has 5 nitrogen and oxygen atoms in total. The second kappa shape index (κ2) is 5.94. The van der Waals surface area contributed by atoms with Gasteiger partial charge in [0.15, 0.2) is 0 Å². The van der Waals surface area contributed by atoms with Crippen LogP contribution in [0.5, 0.6) is 5.75 Å². The molecule has 20 heavy (non-hydrogen) atoms. The second-order valence-corrected chi connectivity index (χ2v) is 5.13. The van der Waals surface area contributed by atoms with Crippen molar-refractivity contribution in [3.63, 3.8) is 0 Å². The lowest BCUT2D eigenvalue weighted by atomic mass is 10.1. The van der Waals surface area contributed by atoms with Gasteiger partial charge in [-0.1, -0.05) is 19.1 Å². The van der Waals surface area contributed by atoms with Crippen molar-refractivity contribution in [3.8, 4) is 5.75 Å². The summed E-state index contributed by atoms with van der Waals surface area (Å²) in [4.78, 5) is 25.3. The van der Waals surface area contributed by atoms with E-state index in [2.05, 4.69) is 0 Å². The molecule has 0 aliphatic heterocycles. The van der Waals surface area contributed by atoms with Crippen LogP contribution in [0.3, 0.4) is 0 Å². The Balaban J connectivity index is 2.21. The average molecular weight is 277 g/mol. The number of carboxylic acids is 1. The number of benzene rings is 1. The molecule has 108 valence electrons. The minimum atomic E-state index is -0.886. The van der Waals surface area contributed by atoms with Gasteiger partial charge in [-0.2, -0.15) is 0 Å². The third kappa shape index (κ3) is 3.10. The third-order valence-corrected chi connectivity index (χ3v) is 3.48. The van der Waals surface area contributed by atoms with E-state index in [1.807, 2.05) is 0 Å². The van der Waals surface area contributed by atoms with Crippen LogP contribution < -0.4 is 4.74 Å². The first-order valence-electron chi connectivity index (χ1n) is 6.71. The molecule has 0 aromatic heterocycles. The maximum absolute atomic E-state index is 12.6. The van der Waals surface area contributed by atoms with E-state index in [-0.39, 0.29) is 18.5 Å².